The number of para-hydroxylation sites is 1. The molecule has 9 nitrogen and oxygen atoms in total. The quantitative estimate of drug-likeness (QED) is 0.134. The van der Waals surface area contributed by atoms with Crippen molar-refractivity contribution >= 4 is 40.6 Å². The fourth-order valence-corrected chi connectivity index (χ4v) is 5.54. The van der Waals surface area contributed by atoms with E-state index >= 15 is 0 Å². The van der Waals surface area contributed by atoms with Gasteiger partial charge in [-0.1, -0.05) is 48.5 Å². The van der Waals surface area contributed by atoms with E-state index in [1.165, 1.54) is 0 Å². The molecule has 0 spiro atoms. The minimum absolute atomic E-state index is 0. The number of pyridine rings is 1. The van der Waals surface area contributed by atoms with Gasteiger partial charge in [0.2, 0.25) is 0 Å². The zero-order chi connectivity index (χ0) is 29.1. The largest absolute Gasteiger partial charge is 0.338 e. The molecule has 9 heteroatoms. The highest BCUT2D eigenvalue weighted by Crippen LogP contribution is 2.34. The second-order valence-electron chi connectivity index (χ2n) is 10.8. The van der Waals surface area contributed by atoms with Crippen LogP contribution < -0.4 is 20.9 Å². The number of urea groups is 1. The van der Waals surface area contributed by atoms with Crippen LogP contribution >= 0.6 is 0 Å². The van der Waals surface area contributed by atoms with Gasteiger partial charge in [0, 0.05) is 53.0 Å². The van der Waals surface area contributed by atoms with Gasteiger partial charge in [-0.2, -0.15) is 0 Å². The first kappa shape index (κ1) is 27.2. The number of aryl methyl sites for hydroxylation is 1. The van der Waals surface area contributed by atoms with Crippen molar-refractivity contribution in [3.8, 4) is 0 Å². The number of carbonyl (C=O) groups is 1. The molecule has 2 aliphatic rings. The highest BCUT2D eigenvalue weighted by molar-refractivity contribution is 6.30. The van der Waals surface area contributed by atoms with E-state index in [2.05, 4.69) is 38.0 Å². The van der Waals surface area contributed by atoms with Gasteiger partial charge in [-0.15, -0.1) is 0 Å². The van der Waals surface area contributed by atoms with Crippen molar-refractivity contribution in [1.29, 1.82) is 10.8 Å². The van der Waals surface area contributed by atoms with Crippen LogP contribution in [0.5, 0.6) is 0 Å². The lowest BCUT2D eigenvalue weighted by Gasteiger charge is -2.32. The van der Waals surface area contributed by atoms with E-state index in [0.29, 0.717) is 17.1 Å². The molecule has 0 saturated carbocycles. The number of fused-ring (bicyclic) bond motifs is 2. The number of amides is 2. The van der Waals surface area contributed by atoms with Crippen molar-refractivity contribution < 1.29 is 9.07 Å². The first-order chi connectivity index (χ1) is 20.4. The Labute approximate surface area is 250 Å². The Bertz CT molecular complexity index is 1640. The van der Waals surface area contributed by atoms with E-state index in [4.69, 9.17) is 10.8 Å². The highest BCUT2D eigenvalue weighted by Gasteiger charge is 2.28. The molecule has 4 aromatic rings. The van der Waals surface area contributed by atoms with Crippen molar-refractivity contribution in [3.63, 3.8) is 0 Å². The van der Waals surface area contributed by atoms with E-state index in [1.807, 2.05) is 79.7 Å². The third kappa shape index (κ3) is 5.87. The lowest BCUT2D eigenvalue weighted by atomic mass is 10.0. The molecule has 1 saturated heterocycles. The Morgan fingerprint density at radius 3 is 2.60 bits per heavy atom. The normalized spacial score (nSPS) is 15.2. The number of carbonyl (C=O) groups excluding carboxylic acids is 1. The van der Waals surface area contributed by atoms with E-state index < -0.39 is 0 Å². The Balaban J connectivity index is 0.00000184. The van der Waals surface area contributed by atoms with Gasteiger partial charge in [0.1, 0.15) is 11.7 Å². The van der Waals surface area contributed by atoms with Crippen LogP contribution in [0.15, 0.2) is 91.1 Å². The van der Waals surface area contributed by atoms with Crippen LogP contribution in [0.4, 0.5) is 27.7 Å². The van der Waals surface area contributed by atoms with Crippen molar-refractivity contribution in [1.82, 2.24) is 15.2 Å². The number of nitrogens with one attached hydrogen (secondary N) is 5. The average molecular weight is 565 g/mol. The summed E-state index contributed by atoms with van der Waals surface area (Å²) in [5.41, 5.74) is 5.96. The Morgan fingerprint density at radius 2 is 1.81 bits per heavy atom. The predicted octanol–water partition coefficient (Wildman–Crippen LogP) is 6.83. The van der Waals surface area contributed by atoms with Crippen molar-refractivity contribution in [2.75, 3.05) is 28.6 Å². The van der Waals surface area contributed by atoms with Gasteiger partial charge in [0.05, 0.1) is 11.4 Å². The van der Waals surface area contributed by atoms with Gasteiger partial charge in [0.15, 0.2) is 5.82 Å². The van der Waals surface area contributed by atoms with Gasteiger partial charge in [-0.25, -0.2) is 9.78 Å². The lowest BCUT2D eigenvalue weighted by Crippen LogP contribution is -2.45. The summed E-state index contributed by atoms with van der Waals surface area (Å²) in [7, 11) is 0. The minimum atomic E-state index is -0.160. The van der Waals surface area contributed by atoms with Crippen LogP contribution in [0.1, 0.15) is 39.4 Å². The molecule has 0 aliphatic carbocycles. The highest BCUT2D eigenvalue weighted by atomic mass is 16.2. The molecule has 0 bridgehead atoms. The van der Waals surface area contributed by atoms with Gasteiger partial charge < -0.3 is 16.0 Å². The van der Waals surface area contributed by atoms with Gasteiger partial charge >= 0.3 is 6.03 Å². The molecule has 3 aromatic carbocycles. The summed E-state index contributed by atoms with van der Waals surface area (Å²) in [5.74, 6) is 1.05. The summed E-state index contributed by atoms with van der Waals surface area (Å²) in [6, 6.07) is 27.1. The number of rotatable bonds is 5. The van der Waals surface area contributed by atoms with Crippen LogP contribution in [0.2, 0.25) is 0 Å². The Morgan fingerprint density at radius 1 is 1.02 bits per heavy atom. The lowest BCUT2D eigenvalue weighted by molar-refractivity contribution is 0.190. The van der Waals surface area contributed by atoms with E-state index in [9.17, 15) is 4.79 Å². The Kier molecular flexibility index (Phi) is 7.66. The van der Waals surface area contributed by atoms with Crippen molar-refractivity contribution in [3.05, 3.63) is 113 Å². The Hall–Kier alpha value is -5.02. The third-order valence-corrected chi connectivity index (χ3v) is 7.74. The third-order valence-electron chi connectivity index (χ3n) is 7.74. The molecule has 0 atom stereocenters. The molecule has 6 rings (SSSR count). The fraction of sp³-hybridized carbons (Fsp3) is 0.212. The number of hydrogen-bond acceptors (Lipinski definition) is 6. The van der Waals surface area contributed by atoms with E-state index in [1.54, 1.807) is 11.1 Å². The smallest absolute Gasteiger partial charge is 0.319 e. The molecule has 218 valence electrons. The van der Waals surface area contributed by atoms with E-state index in [-0.39, 0.29) is 28.0 Å². The molecule has 0 radical (unpaired) electrons. The maximum atomic E-state index is 12.5. The van der Waals surface area contributed by atoms with Crippen LogP contribution in [0.3, 0.4) is 0 Å². The SMILES string of the molecule is Cc1cccc(NC(=O)NC2CCN(Cc3ccc(C(=N)N4C(=N)c5ccccc5Nc5ncccc54)cc3)CC2)c1.[HH].[HH].[HH]. The number of amidine groups is 2. The maximum Gasteiger partial charge on any atom is 0.319 e. The molecule has 5 N–H and O–H groups in total. The monoisotopic (exact) mass is 564 g/mol. The number of piperidine rings is 1. The molecule has 0 unspecified atom stereocenters. The van der Waals surface area contributed by atoms with Crippen LogP contribution in [0, 0.1) is 17.7 Å². The molecule has 1 fully saturated rings. The number of nitrogens with zero attached hydrogens (tertiary/aromatic N) is 3. The molecule has 1 aromatic heterocycles. The number of benzene rings is 3. The van der Waals surface area contributed by atoms with Crippen LogP contribution in [-0.2, 0) is 6.54 Å². The minimum Gasteiger partial charge on any atom is -0.338 e. The van der Waals surface area contributed by atoms with Gasteiger partial charge in [-0.3, -0.25) is 20.6 Å². The summed E-state index contributed by atoms with van der Waals surface area (Å²) < 4.78 is 0. The summed E-state index contributed by atoms with van der Waals surface area (Å²) in [4.78, 5) is 21.0. The van der Waals surface area contributed by atoms with Gasteiger partial charge in [0.25, 0.3) is 0 Å². The molecular weight excluding hydrogens is 524 g/mol. The summed E-state index contributed by atoms with van der Waals surface area (Å²) in [5, 5.41) is 27.5. The fourth-order valence-electron chi connectivity index (χ4n) is 5.54. The second kappa shape index (κ2) is 11.8. The van der Waals surface area contributed by atoms with Crippen molar-refractivity contribution in [2.24, 2.45) is 0 Å². The number of anilines is 4. The maximum absolute atomic E-state index is 12.5. The zero-order valence-corrected chi connectivity index (χ0v) is 23.5. The molecule has 3 heterocycles. The summed E-state index contributed by atoms with van der Waals surface area (Å²) in [6.07, 6.45) is 3.49. The molecule has 42 heavy (non-hydrogen) atoms. The number of aromatic nitrogens is 1. The zero-order valence-electron chi connectivity index (χ0n) is 23.5. The number of likely N-dealkylation sites (tertiary alicyclic amines) is 1. The van der Waals surface area contributed by atoms with Gasteiger partial charge in [-0.05, 0) is 67.3 Å². The summed E-state index contributed by atoms with van der Waals surface area (Å²) in [6.45, 7) is 4.60. The first-order valence-corrected chi connectivity index (χ1v) is 14.2. The predicted molar refractivity (Wildman–Crippen MR) is 175 cm³/mol. The van der Waals surface area contributed by atoms with Crippen LogP contribution in [0.25, 0.3) is 0 Å². The molecular formula is C33H40N8O. The molecule has 2 amide bonds. The average Bonchev–Trinajstić information content (AvgIpc) is 3.12. The summed E-state index contributed by atoms with van der Waals surface area (Å²) >= 11 is 0. The van der Waals surface area contributed by atoms with Crippen LogP contribution in [-0.4, -0.2) is 46.7 Å². The number of hydrogen-bond donors (Lipinski definition) is 5. The topological polar surface area (TPSA) is 120 Å². The second-order valence-corrected chi connectivity index (χ2v) is 10.8. The molecule has 2 aliphatic heterocycles. The van der Waals surface area contributed by atoms with E-state index in [0.717, 1.165) is 60.5 Å². The van der Waals surface area contributed by atoms with Crippen molar-refractivity contribution in [2.45, 2.75) is 32.4 Å². The first-order valence-electron chi connectivity index (χ1n) is 14.2. The standard InChI is InChI=1S/C33H34N8O.3H2/c1-22-6-4-7-26(20-22)38-33(42)37-25-15-18-40(19-16-25)21-23-11-13-24(14-12-23)30(34)41-29-10-5-17-36-32(29)39-28-9-3-2-8-27(28)31(41)35;;;/h2-14,17,20,25,34-35H,15-16,18-19,21H2,1H3,(H,36,39)(H2,37,38,42);3*1H.